The van der Waals surface area contributed by atoms with Crippen molar-refractivity contribution in [3.63, 3.8) is 0 Å². The molecule has 1 aliphatic rings. The first-order valence-corrected chi connectivity index (χ1v) is 8.41. The van der Waals surface area contributed by atoms with Crippen molar-refractivity contribution in [3.8, 4) is 11.4 Å². The minimum atomic E-state index is -3.60. The molecule has 1 saturated heterocycles. The number of piperazine rings is 1. The molecule has 2 heterocycles. The lowest BCUT2D eigenvalue weighted by Crippen LogP contribution is -2.50. The summed E-state index contributed by atoms with van der Waals surface area (Å²) in [5.74, 6) is 1.07. The molecule has 118 valence electrons. The summed E-state index contributed by atoms with van der Waals surface area (Å²) in [5, 5.41) is 9.08. The lowest BCUT2D eigenvalue weighted by atomic mass is 10.2. The van der Waals surface area contributed by atoms with Gasteiger partial charge in [0.05, 0.1) is 6.54 Å². The van der Waals surface area contributed by atoms with Gasteiger partial charge in [0.2, 0.25) is 11.7 Å². The van der Waals surface area contributed by atoms with Crippen LogP contribution in [0.2, 0.25) is 0 Å². The summed E-state index contributed by atoms with van der Waals surface area (Å²) in [4.78, 5) is 6.43. The Morgan fingerprint density at radius 3 is 2.45 bits per heavy atom. The van der Waals surface area contributed by atoms with E-state index in [0.29, 0.717) is 44.4 Å². The first-order valence-electron chi connectivity index (χ1n) is 6.90. The van der Waals surface area contributed by atoms with Crippen LogP contribution in [0.15, 0.2) is 34.9 Å². The fraction of sp³-hybridized carbons (Fsp3) is 0.385. The second-order valence-corrected chi connectivity index (χ2v) is 6.64. The molecule has 1 aromatic heterocycles. The van der Waals surface area contributed by atoms with E-state index in [9.17, 15) is 8.42 Å². The van der Waals surface area contributed by atoms with E-state index in [4.69, 9.17) is 9.66 Å². The fourth-order valence-corrected chi connectivity index (χ4v) is 3.03. The third kappa shape index (κ3) is 3.50. The largest absolute Gasteiger partial charge is 0.338 e. The Hall–Kier alpha value is -1.81. The van der Waals surface area contributed by atoms with Crippen molar-refractivity contribution in [3.05, 3.63) is 36.2 Å². The van der Waals surface area contributed by atoms with E-state index in [-0.39, 0.29) is 0 Å². The summed E-state index contributed by atoms with van der Waals surface area (Å²) in [6, 6.07) is 9.59. The molecule has 22 heavy (non-hydrogen) atoms. The average molecular weight is 323 g/mol. The maximum Gasteiger partial charge on any atom is 0.276 e. The van der Waals surface area contributed by atoms with Crippen LogP contribution in [-0.2, 0) is 16.8 Å². The molecule has 2 aromatic rings. The molecule has 1 aliphatic heterocycles. The summed E-state index contributed by atoms with van der Waals surface area (Å²) in [5.41, 5.74) is 0.900. The van der Waals surface area contributed by atoms with Gasteiger partial charge in [-0.15, -0.1) is 0 Å². The standard InChI is InChI=1S/C13H17N5O3S/c14-22(19,20)18-8-6-17(7-9-18)10-12-15-13(16-21-12)11-4-2-1-3-5-11/h1-5H,6-10H2,(H2,14,19,20). The maximum absolute atomic E-state index is 11.3. The molecule has 0 radical (unpaired) electrons. The number of nitrogens with zero attached hydrogens (tertiary/aromatic N) is 4. The van der Waals surface area contributed by atoms with E-state index in [1.807, 2.05) is 30.3 Å². The lowest BCUT2D eigenvalue weighted by molar-refractivity contribution is 0.163. The molecule has 1 fully saturated rings. The SMILES string of the molecule is NS(=O)(=O)N1CCN(Cc2nc(-c3ccccc3)no2)CC1. The van der Waals surface area contributed by atoms with Crippen LogP contribution in [0.3, 0.4) is 0 Å². The van der Waals surface area contributed by atoms with Gasteiger partial charge in [0.15, 0.2) is 0 Å². The maximum atomic E-state index is 11.3. The van der Waals surface area contributed by atoms with Crippen LogP contribution in [0.5, 0.6) is 0 Å². The quantitative estimate of drug-likeness (QED) is 0.853. The number of aromatic nitrogens is 2. The van der Waals surface area contributed by atoms with Gasteiger partial charge < -0.3 is 4.52 Å². The van der Waals surface area contributed by atoms with Gasteiger partial charge in [0.1, 0.15) is 0 Å². The number of rotatable bonds is 4. The Kier molecular flexibility index (Phi) is 4.21. The van der Waals surface area contributed by atoms with Crippen molar-refractivity contribution in [2.75, 3.05) is 26.2 Å². The van der Waals surface area contributed by atoms with E-state index in [0.717, 1.165) is 5.56 Å². The third-order valence-corrected chi connectivity index (χ3v) is 4.64. The fourth-order valence-electron chi connectivity index (χ4n) is 2.36. The summed E-state index contributed by atoms with van der Waals surface area (Å²) in [6.07, 6.45) is 0. The lowest BCUT2D eigenvalue weighted by Gasteiger charge is -2.31. The highest BCUT2D eigenvalue weighted by Gasteiger charge is 2.24. The topological polar surface area (TPSA) is 106 Å². The van der Waals surface area contributed by atoms with Crippen LogP contribution in [-0.4, -0.2) is 53.9 Å². The average Bonchev–Trinajstić information content (AvgIpc) is 2.96. The van der Waals surface area contributed by atoms with E-state index >= 15 is 0 Å². The summed E-state index contributed by atoms with van der Waals surface area (Å²) >= 11 is 0. The highest BCUT2D eigenvalue weighted by molar-refractivity contribution is 7.86. The number of nitrogens with two attached hydrogens (primary N) is 1. The van der Waals surface area contributed by atoms with E-state index in [1.165, 1.54) is 4.31 Å². The van der Waals surface area contributed by atoms with Crippen LogP contribution >= 0.6 is 0 Å². The van der Waals surface area contributed by atoms with E-state index in [1.54, 1.807) is 0 Å². The molecular formula is C13H17N5O3S. The molecule has 0 atom stereocenters. The van der Waals surface area contributed by atoms with Gasteiger partial charge in [-0.1, -0.05) is 35.5 Å². The second-order valence-electron chi connectivity index (χ2n) is 5.10. The Morgan fingerprint density at radius 2 is 1.82 bits per heavy atom. The zero-order valence-corrected chi connectivity index (χ0v) is 12.7. The molecule has 0 aliphatic carbocycles. The molecule has 0 amide bonds. The molecular weight excluding hydrogens is 306 g/mol. The molecule has 0 unspecified atom stereocenters. The summed E-state index contributed by atoms with van der Waals surface area (Å²) in [6.45, 7) is 2.41. The minimum absolute atomic E-state index is 0.374. The van der Waals surface area contributed by atoms with Crippen molar-refractivity contribution in [2.45, 2.75) is 6.54 Å². The molecule has 3 rings (SSSR count). The summed E-state index contributed by atoms with van der Waals surface area (Å²) in [7, 11) is -3.60. The van der Waals surface area contributed by atoms with Crippen LogP contribution in [0, 0.1) is 0 Å². The van der Waals surface area contributed by atoms with Crippen molar-refractivity contribution in [1.29, 1.82) is 0 Å². The van der Waals surface area contributed by atoms with Crippen LogP contribution in [0.4, 0.5) is 0 Å². The monoisotopic (exact) mass is 323 g/mol. The van der Waals surface area contributed by atoms with E-state index < -0.39 is 10.2 Å². The van der Waals surface area contributed by atoms with Crippen LogP contribution in [0.25, 0.3) is 11.4 Å². The molecule has 0 bridgehead atoms. The molecule has 9 heteroatoms. The van der Waals surface area contributed by atoms with Crippen LogP contribution in [0.1, 0.15) is 5.89 Å². The predicted molar refractivity (Wildman–Crippen MR) is 79.7 cm³/mol. The highest BCUT2D eigenvalue weighted by atomic mass is 32.2. The minimum Gasteiger partial charge on any atom is -0.338 e. The second kappa shape index (κ2) is 6.13. The Morgan fingerprint density at radius 1 is 1.14 bits per heavy atom. The van der Waals surface area contributed by atoms with Crippen molar-refractivity contribution in [2.24, 2.45) is 5.14 Å². The zero-order valence-electron chi connectivity index (χ0n) is 11.9. The van der Waals surface area contributed by atoms with Gasteiger partial charge in [-0.25, -0.2) is 5.14 Å². The number of hydrogen-bond acceptors (Lipinski definition) is 6. The van der Waals surface area contributed by atoms with Crippen molar-refractivity contribution >= 4 is 10.2 Å². The Balaban J connectivity index is 1.60. The van der Waals surface area contributed by atoms with Crippen molar-refractivity contribution in [1.82, 2.24) is 19.3 Å². The molecule has 0 saturated carbocycles. The van der Waals surface area contributed by atoms with Gasteiger partial charge in [-0.2, -0.15) is 17.7 Å². The summed E-state index contributed by atoms with van der Waals surface area (Å²) < 4.78 is 29.0. The molecule has 1 aromatic carbocycles. The first-order chi connectivity index (χ1) is 10.5. The van der Waals surface area contributed by atoms with Gasteiger partial charge in [-0.05, 0) is 0 Å². The Labute approximate surface area is 128 Å². The predicted octanol–water partition coefficient (Wildman–Crippen LogP) is 0.0577. The molecule has 8 nitrogen and oxygen atoms in total. The van der Waals surface area contributed by atoms with Gasteiger partial charge >= 0.3 is 0 Å². The normalized spacial score (nSPS) is 17.7. The smallest absolute Gasteiger partial charge is 0.276 e. The number of hydrogen-bond donors (Lipinski definition) is 1. The first kappa shape index (κ1) is 15.1. The molecule has 0 spiro atoms. The number of benzene rings is 1. The van der Waals surface area contributed by atoms with Gasteiger partial charge in [-0.3, -0.25) is 4.90 Å². The van der Waals surface area contributed by atoms with Crippen LogP contribution < -0.4 is 5.14 Å². The third-order valence-electron chi connectivity index (χ3n) is 3.55. The van der Waals surface area contributed by atoms with Gasteiger partial charge in [0.25, 0.3) is 10.2 Å². The van der Waals surface area contributed by atoms with Crippen molar-refractivity contribution < 1.29 is 12.9 Å². The van der Waals surface area contributed by atoms with E-state index in [2.05, 4.69) is 15.0 Å². The zero-order chi connectivity index (χ0) is 15.6. The highest BCUT2D eigenvalue weighted by Crippen LogP contribution is 2.16. The Bertz CT molecular complexity index is 723. The van der Waals surface area contributed by atoms with Gasteiger partial charge in [0, 0.05) is 31.7 Å². The molecule has 2 N–H and O–H groups in total.